The first kappa shape index (κ1) is 17.5. The maximum absolute atomic E-state index is 12.9. The lowest BCUT2D eigenvalue weighted by Gasteiger charge is -2.31. The zero-order chi connectivity index (χ0) is 19.8. The fraction of sp³-hybridized carbons (Fsp3) is 0.167. The molecule has 5 rings (SSSR count). The quantitative estimate of drug-likeness (QED) is 0.556. The number of carbonyl (C=O) groups is 1. The van der Waals surface area contributed by atoms with Crippen LogP contribution in [0.1, 0.15) is 27.0 Å². The number of nitrogens with zero attached hydrogens (tertiary/aromatic N) is 2. The van der Waals surface area contributed by atoms with E-state index in [4.69, 9.17) is 4.74 Å². The lowest BCUT2D eigenvalue weighted by atomic mass is 9.91. The standard InChI is InChI=1S/C24H21N3O2/c1-29-19-8-5-16(6-9-19)14-27-15-23(28)21-4-2-3-20-18(7-10-22(27)24(20)21)11-17-12-25-26-13-17/h2-10,12-13H,11,14-15H2,1H3,(H,25,26). The summed E-state index contributed by atoms with van der Waals surface area (Å²) in [5.74, 6) is 0.997. The topological polar surface area (TPSA) is 58.2 Å². The number of hydrogen-bond donors (Lipinski definition) is 1. The Morgan fingerprint density at radius 3 is 2.69 bits per heavy atom. The molecule has 5 nitrogen and oxygen atoms in total. The van der Waals surface area contributed by atoms with Crippen LogP contribution < -0.4 is 9.64 Å². The van der Waals surface area contributed by atoms with E-state index in [1.54, 1.807) is 7.11 Å². The van der Waals surface area contributed by atoms with Crippen molar-refractivity contribution in [2.75, 3.05) is 18.6 Å². The number of hydrogen-bond acceptors (Lipinski definition) is 4. The summed E-state index contributed by atoms with van der Waals surface area (Å²) in [4.78, 5) is 15.1. The van der Waals surface area contributed by atoms with Gasteiger partial charge in [0.25, 0.3) is 0 Å². The first-order valence-corrected chi connectivity index (χ1v) is 9.66. The number of ketones is 1. The first-order valence-electron chi connectivity index (χ1n) is 9.66. The Bertz CT molecular complexity index is 1180. The van der Waals surface area contributed by atoms with E-state index in [2.05, 4.69) is 33.3 Å². The molecular weight excluding hydrogens is 362 g/mol. The molecule has 2 heterocycles. The Morgan fingerprint density at radius 1 is 1.07 bits per heavy atom. The van der Waals surface area contributed by atoms with Gasteiger partial charge in [0.1, 0.15) is 5.75 Å². The van der Waals surface area contributed by atoms with Crippen LogP contribution in [-0.4, -0.2) is 29.6 Å². The number of nitrogens with one attached hydrogen (secondary N) is 1. The summed E-state index contributed by atoms with van der Waals surface area (Å²) in [6, 6.07) is 18.4. The van der Waals surface area contributed by atoms with Gasteiger partial charge in [-0.05, 0) is 40.3 Å². The largest absolute Gasteiger partial charge is 0.497 e. The van der Waals surface area contributed by atoms with Crippen molar-refractivity contribution in [2.24, 2.45) is 0 Å². The van der Waals surface area contributed by atoms with Crippen LogP contribution in [0.5, 0.6) is 5.75 Å². The lowest BCUT2D eigenvalue weighted by molar-refractivity contribution is 0.0998. The summed E-state index contributed by atoms with van der Waals surface area (Å²) in [5.41, 5.74) is 5.40. The molecule has 0 spiro atoms. The second-order valence-electron chi connectivity index (χ2n) is 7.38. The van der Waals surface area contributed by atoms with Gasteiger partial charge in [0, 0.05) is 35.8 Å². The van der Waals surface area contributed by atoms with Crippen LogP contribution in [0.4, 0.5) is 5.69 Å². The minimum absolute atomic E-state index is 0.164. The van der Waals surface area contributed by atoms with E-state index in [9.17, 15) is 4.79 Å². The van der Waals surface area contributed by atoms with E-state index >= 15 is 0 Å². The minimum atomic E-state index is 0.164. The average molecular weight is 383 g/mol. The number of H-pyrrole nitrogens is 1. The molecule has 3 aromatic carbocycles. The van der Waals surface area contributed by atoms with E-state index in [-0.39, 0.29) is 5.78 Å². The van der Waals surface area contributed by atoms with Gasteiger partial charge in [-0.1, -0.05) is 36.4 Å². The third-order valence-electron chi connectivity index (χ3n) is 5.57. The normalized spacial score (nSPS) is 13.1. The van der Waals surface area contributed by atoms with Crippen molar-refractivity contribution in [3.8, 4) is 5.75 Å². The number of carbonyl (C=O) groups excluding carboxylic acids is 1. The number of methoxy groups -OCH3 is 1. The molecule has 0 bridgehead atoms. The molecule has 0 saturated carbocycles. The predicted molar refractivity (Wildman–Crippen MR) is 114 cm³/mol. The molecular formula is C24H21N3O2. The summed E-state index contributed by atoms with van der Waals surface area (Å²) in [7, 11) is 1.66. The molecule has 0 atom stereocenters. The number of Topliss-reactive ketones (excluding diaryl/α,β-unsaturated/α-hetero) is 1. The fourth-order valence-corrected chi connectivity index (χ4v) is 4.13. The molecule has 1 N–H and O–H groups in total. The third kappa shape index (κ3) is 3.14. The monoisotopic (exact) mass is 383 g/mol. The summed E-state index contributed by atoms with van der Waals surface area (Å²) in [6.45, 7) is 1.07. The van der Waals surface area contributed by atoms with Crippen molar-refractivity contribution in [1.82, 2.24) is 10.2 Å². The van der Waals surface area contributed by atoms with Crippen LogP contribution in [-0.2, 0) is 13.0 Å². The highest BCUT2D eigenvalue weighted by Crippen LogP contribution is 2.37. The van der Waals surface area contributed by atoms with Gasteiger partial charge >= 0.3 is 0 Å². The first-order chi connectivity index (χ1) is 14.2. The lowest BCUT2D eigenvalue weighted by Crippen LogP contribution is -2.33. The van der Waals surface area contributed by atoms with Crippen LogP contribution in [0.2, 0.25) is 0 Å². The van der Waals surface area contributed by atoms with E-state index in [1.807, 2.05) is 48.8 Å². The number of anilines is 1. The molecule has 5 heteroatoms. The zero-order valence-corrected chi connectivity index (χ0v) is 16.2. The minimum Gasteiger partial charge on any atom is -0.497 e. The number of aromatic amines is 1. The second-order valence-corrected chi connectivity index (χ2v) is 7.38. The van der Waals surface area contributed by atoms with E-state index < -0.39 is 0 Å². The molecule has 0 aliphatic carbocycles. The van der Waals surface area contributed by atoms with Crippen LogP contribution >= 0.6 is 0 Å². The number of rotatable bonds is 5. The molecule has 1 aliphatic rings. The number of aromatic nitrogens is 2. The Hall–Kier alpha value is -3.60. The summed E-state index contributed by atoms with van der Waals surface area (Å²) in [6.07, 6.45) is 4.54. The molecule has 0 radical (unpaired) electrons. The Kier molecular flexibility index (Phi) is 4.28. The third-order valence-corrected chi connectivity index (χ3v) is 5.57. The molecule has 0 amide bonds. The average Bonchev–Trinajstić information content (AvgIpc) is 3.26. The van der Waals surface area contributed by atoms with Gasteiger partial charge in [0.05, 0.1) is 19.9 Å². The molecule has 4 aromatic rings. The summed E-state index contributed by atoms with van der Waals surface area (Å²) in [5, 5.41) is 9.11. The Morgan fingerprint density at radius 2 is 1.93 bits per heavy atom. The highest BCUT2D eigenvalue weighted by molar-refractivity contribution is 6.17. The van der Waals surface area contributed by atoms with Crippen molar-refractivity contribution in [1.29, 1.82) is 0 Å². The molecule has 1 aromatic heterocycles. The van der Waals surface area contributed by atoms with Gasteiger partial charge in [-0.2, -0.15) is 5.10 Å². The predicted octanol–water partition coefficient (Wildman–Crippen LogP) is 4.37. The Labute approximate surface area is 168 Å². The number of benzene rings is 3. The molecule has 29 heavy (non-hydrogen) atoms. The van der Waals surface area contributed by atoms with Crippen LogP contribution in [0.3, 0.4) is 0 Å². The van der Waals surface area contributed by atoms with Crippen LogP contribution in [0.15, 0.2) is 67.0 Å². The maximum Gasteiger partial charge on any atom is 0.182 e. The summed E-state index contributed by atoms with van der Waals surface area (Å²) < 4.78 is 5.25. The summed E-state index contributed by atoms with van der Waals surface area (Å²) >= 11 is 0. The number of ether oxygens (including phenoxy) is 1. The van der Waals surface area contributed by atoms with Crippen molar-refractivity contribution in [3.05, 3.63) is 89.2 Å². The molecule has 1 aliphatic heterocycles. The van der Waals surface area contributed by atoms with Gasteiger partial charge in [0.15, 0.2) is 5.78 Å². The van der Waals surface area contributed by atoms with Crippen molar-refractivity contribution >= 4 is 22.2 Å². The second kappa shape index (κ2) is 7.09. The molecule has 0 unspecified atom stereocenters. The SMILES string of the molecule is COc1ccc(CN2CC(=O)c3cccc4c(Cc5cn[nH]c5)ccc2c34)cc1. The van der Waals surface area contributed by atoms with Crippen LogP contribution in [0.25, 0.3) is 10.8 Å². The molecule has 0 fully saturated rings. The highest BCUT2D eigenvalue weighted by Gasteiger charge is 2.25. The van der Waals surface area contributed by atoms with Gasteiger partial charge < -0.3 is 9.64 Å². The van der Waals surface area contributed by atoms with E-state index in [0.29, 0.717) is 13.1 Å². The maximum atomic E-state index is 12.9. The molecule has 144 valence electrons. The van der Waals surface area contributed by atoms with Crippen molar-refractivity contribution in [2.45, 2.75) is 13.0 Å². The smallest absolute Gasteiger partial charge is 0.182 e. The van der Waals surface area contributed by atoms with Crippen molar-refractivity contribution < 1.29 is 9.53 Å². The van der Waals surface area contributed by atoms with Gasteiger partial charge in [-0.3, -0.25) is 9.89 Å². The van der Waals surface area contributed by atoms with Gasteiger partial charge in [0.2, 0.25) is 0 Å². The van der Waals surface area contributed by atoms with Gasteiger partial charge in [-0.15, -0.1) is 0 Å². The fourth-order valence-electron chi connectivity index (χ4n) is 4.13. The van der Waals surface area contributed by atoms with Gasteiger partial charge in [-0.25, -0.2) is 0 Å². The van der Waals surface area contributed by atoms with Crippen LogP contribution in [0, 0.1) is 0 Å². The van der Waals surface area contributed by atoms with Crippen molar-refractivity contribution in [3.63, 3.8) is 0 Å². The molecule has 0 saturated heterocycles. The zero-order valence-electron chi connectivity index (χ0n) is 16.2. The van der Waals surface area contributed by atoms with E-state index in [1.165, 1.54) is 5.56 Å². The highest BCUT2D eigenvalue weighted by atomic mass is 16.5. The Balaban J connectivity index is 1.57. The van der Waals surface area contributed by atoms with E-state index in [0.717, 1.165) is 45.3 Å².